The predicted molar refractivity (Wildman–Crippen MR) is 199 cm³/mol. The van der Waals surface area contributed by atoms with E-state index in [1.165, 1.54) is 12.1 Å². The van der Waals surface area contributed by atoms with Gasteiger partial charge < -0.3 is 24.3 Å². The SMILES string of the molecule is CC(C)(C)OC(=O)NCCCCC(NS(=O)(=O)c1ccc(COC2(c3cnccc3-c3ccccc3OC3CC3)CC2)c(Cl)c1)C(=O)OC(C)(C)C. The topological polar surface area (TPSA) is 142 Å². The highest BCUT2D eigenvalue weighted by atomic mass is 35.5. The van der Waals surface area contributed by atoms with Crippen molar-refractivity contribution in [1.82, 2.24) is 15.0 Å². The number of alkyl carbamates (subject to hydrolysis) is 1. The van der Waals surface area contributed by atoms with Gasteiger partial charge in [0, 0.05) is 35.1 Å². The molecule has 2 aromatic carbocycles. The number of ether oxygens (including phenoxy) is 4. The number of nitrogens with zero attached hydrogens (tertiary/aromatic N) is 1. The molecule has 282 valence electrons. The fourth-order valence-electron chi connectivity index (χ4n) is 5.61. The van der Waals surface area contributed by atoms with E-state index in [9.17, 15) is 18.0 Å². The number of benzene rings is 2. The number of unbranched alkanes of at least 4 members (excludes halogenated alkanes) is 1. The van der Waals surface area contributed by atoms with Crippen LogP contribution >= 0.6 is 11.6 Å². The van der Waals surface area contributed by atoms with Crippen molar-refractivity contribution < 1.29 is 37.0 Å². The molecule has 1 amide bonds. The Morgan fingerprint density at radius 3 is 2.33 bits per heavy atom. The molecule has 2 aliphatic rings. The molecule has 2 N–H and O–H groups in total. The Bertz CT molecular complexity index is 1850. The van der Waals surface area contributed by atoms with Gasteiger partial charge in [-0.25, -0.2) is 13.2 Å². The normalized spacial score (nSPS) is 16.1. The Hall–Kier alpha value is -3.71. The number of nitrogens with one attached hydrogen (secondary N) is 2. The van der Waals surface area contributed by atoms with Gasteiger partial charge >= 0.3 is 12.1 Å². The number of sulfonamides is 1. The fourth-order valence-corrected chi connectivity index (χ4v) is 7.16. The Balaban J connectivity index is 1.24. The molecule has 11 nitrogen and oxygen atoms in total. The van der Waals surface area contributed by atoms with Gasteiger partial charge in [0.1, 0.15) is 23.0 Å². The zero-order valence-electron chi connectivity index (χ0n) is 30.8. The minimum atomic E-state index is -4.18. The first-order valence-electron chi connectivity index (χ1n) is 17.8. The number of para-hydroxylation sites is 1. The summed E-state index contributed by atoms with van der Waals surface area (Å²) in [4.78, 5) is 29.4. The lowest BCUT2D eigenvalue weighted by Crippen LogP contribution is -2.44. The van der Waals surface area contributed by atoms with E-state index in [1.807, 2.05) is 36.5 Å². The van der Waals surface area contributed by atoms with E-state index in [1.54, 1.807) is 53.8 Å². The molecule has 0 aliphatic heterocycles. The van der Waals surface area contributed by atoms with E-state index in [4.69, 9.17) is 30.5 Å². The van der Waals surface area contributed by atoms with Crippen LogP contribution in [0.25, 0.3) is 11.1 Å². The third-order valence-corrected chi connectivity index (χ3v) is 10.2. The Morgan fingerprint density at radius 2 is 1.67 bits per heavy atom. The zero-order valence-corrected chi connectivity index (χ0v) is 32.4. The van der Waals surface area contributed by atoms with Crippen LogP contribution in [0.2, 0.25) is 5.02 Å². The minimum Gasteiger partial charge on any atom is -0.490 e. The van der Waals surface area contributed by atoms with Crippen molar-refractivity contribution in [2.75, 3.05) is 6.54 Å². The number of carbonyl (C=O) groups is 2. The zero-order chi connectivity index (χ0) is 37.7. The number of amides is 1. The quantitative estimate of drug-likeness (QED) is 0.111. The van der Waals surface area contributed by atoms with Crippen LogP contribution < -0.4 is 14.8 Å². The molecule has 5 rings (SSSR count). The molecule has 2 fully saturated rings. The second-order valence-corrected chi connectivity index (χ2v) is 17.5. The smallest absolute Gasteiger partial charge is 0.407 e. The molecule has 13 heteroatoms. The van der Waals surface area contributed by atoms with Gasteiger partial charge in [0.25, 0.3) is 0 Å². The molecule has 0 radical (unpaired) electrons. The lowest BCUT2D eigenvalue weighted by molar-refractivity contribution is -0.157. The van der Waals surface area contributed by atoms with Gasteiger partial charge in [-0.2, -0.15) is 4.72 Å². The number of hydrogen-bond acceptors (Lipinski definition) is 9. The van der Waals surface area contributed by atoms with Crippen LogP contribution in [0.4, 0.5) is 4.79 Å². The predicted octanol–water partition coefficient (Wildman–Crippen LogP) is 7.83. The highest BCUT2D eigenvalue weighted by molar-refractivity contribution is 7.89. The van der Waals surface area contributed by atoms with Crippen molar-refractivity contribution in [1.29, 1.82) is 0 Å². The van der Waals surface area contributed by atoms with Gasteiger partial charge in [-0.3, -0.25) is 9.78 Å². The molecular formula is C39H50ClN3O8S. The molecule has 3 aromatic rings. The minimum absolute atomic E-state index is 0.0932. The van der Waals surface area contributed by atoms with Crippen LogP contribution in [0, 0.1) is 0 Å². The average molecular weight is 756 g/mol. The molecule has 0 spiro atoms. The van der Waals surface area contributed by atoms with E-state index in [0.29, 0.717) is 24.9 Å². The summed E-state index contributed by atoms with van der Waals surface area (Å²) in [7, 11) is -4.18. The van der Waals surface area contributed by atoms with Crippen molar-refractivity contribution in [3.63, 3.8) is 0 Å². The van der Waals surface area contributed by atoms with Crippen molar-refractivity contribution in [2.24, 2.45) is 0 Å². The van der Waals surface area contributed by atoms with Crippen molar-refractivity contribution in [2.45, 2.75) is 127 Å². The van der Waals surface area contributed by atoms with Gasteiger partial charge in [-0.1, -0.05) is 35.9 Å². The van der Waals surface area contributed by atoms with Crippen molar-refractivity contribution >= 4 is 33.7 Å². The summed E-state index contributed by atoms with van der Waals surface area (Å²) in [5.41, 5.74) is 1.57. The third kappa shape index (κ3) is 11.1. The third-order valence-electron chi connectivity index (χ3n) is 8.43. The fraction of sp³-hybridized carbons (Fsp3) is 0.513. The van der Waals surface area contributed by atoms with E-state index >= 15 is 0 Å². The first-order valence-corrected chi connectivity index (χ1v) is 19.7. The lowest BCUT2D eigenvalue weighted by Gasteiger charge is -2.25. The van der Waals surface area contributed by atoms with Gasteiger partial charge in [0.05, 0.1) is 23.2 Å². The molecule has 2 aliphatic carbocycles. The van der Waals surface area contributed by atoms with E-state index in [0.717, 1.165) is 48.1 Å². The number of halogens is 1. The maximum absolute atomic E-state index is 13.6. The summed E-state index contributed by atoms with van der Waals surface area (Å²) in [6, 6.07) is 13.3. The highest BCUT2D eigenvalue weighted by Crippen LogP contribution is 2.53. The van der Waals surface area contributed by atoms with Crippen LogP contribution in [0.15, 0.2) is 65.8 Å². The Kier molecular flexibility index (Phi) is 12.2. The summed E-state index contributed by atoms with van der Waals surface area (Å²) in [5.74, 6) is 0.143. The summed E-state index contributed by atoms with van der Waals surface area (Å²) in [6.45, 7) is 10.9. The van der Waals surface area contributed by atoms with Crippen molar-refractivity contribution in [3.05, 3.63) is 77.1 Å². The molecular weight excluding hydrogens is 706 g/mol. The highest BCUT2D eigenvalue weighted by Gasteiger charge is 2.48. The summed E-state index contributed by atoms with van der Waals surface area (Å²) < 4.78 is 53.2. The van der Waals surface area contributed by atoms with E-state index < -0.39 is 44.9 Å². The molecule has 2 saturated carbocycles. The molecule has 52 heavy (non-hydrogen) atoms. The molecule has 1 atom stereocenters. The van der Waals surface area contributed by atoms with Crippen LogP contribution in [0.3, 0.4) is 0 Å². The first kappa shape index (κ1) is 39.5. The van der Waals surface area contributed by atoms with E-state index in [2.05, 4.69) is 15.0 Å². The molecule has 1 aromatic heterocycles. The van der Waals surface area contributed by atoms with Gasteiger partial charge in [0.2, 0.25) is 10.0 Å². The maximum Gasteiger partial charge on any atom is 0.407 e. The largest absolute Gasteiger partial charge is 0.490 e. The molecule has 1 unspecified atom stereocenters. The standard InChI is InChI=1S/C39H50ClN3O8S/c1-37(2,3)50-35(44)33(12-9-10-21-42-36(45)51-38(4,5)6)43-52(46,47)28-17-14-26(32(40)23-28)25-48-39(19-20-39)31-24-41-22-18-29(31)30-11-7-8-13-34(30)49-27-15-16-27/h7-8,11,13-14,17-18,22-24,27,33,43H,9-10,12,15-16,19-21,25H2,1-6H3,(H,42,45). The number of esters is 1. The number of hydrogen-bond donors (Lipinski definition) is 2. The van der Waals surface area contributed by atoms with E-state index in [-0.39, 0.29) is 29.0 Å². The average Bonchev–Trinajstić information content (AvgIpc) is 4.00. The Morgan fingerprint density at radius 1 is 0.962 bits per heavy atom. The number of pyridine rings is 1. The maximum atomic E-state index is 13.6. The summed E-state index contributed by atoms with van der Waals surface area (Å²) in [5, 5.41) is 2.89. The van der Waals surface area contributed by atoms with Crippen LogP contribution in [-0.2, 0) is 41.2 Å². The summed E-state index contributed by atoms with van der Waals surface area (Å²) >= 11 is 6.67. The van der Waals surface area contributed by atoms with Gasteiger partial charge in [-0.05, 0) is 122 Å². The molecule has 0 bridgehead atoms. The summed E-state index contributed by atoms with van der Waals surface area (Å²) in [6.07, 6.45) is 8.11. The van der Waals surface area contributed by atoms with Crippen LogP contribution in [-0.4, -0.2) is 55.4 Å². The number of aromatic nitrogens is 1. The molecule has 0 saturated heterocycles. The van der Waals surface area contributed by atoms with Crippen molar-refractivity contribution in [3.8, 4) is 16.9 Å². The Labute approximate surface area is 312 Å². The second-order valence-electron chi connectivity index (χ2n) is 15.4. The van der Waals surface area contributed by atoms with Gasteiger partial charge in [0.15, 0.2) is 0 Å². The second kappa shape index (κ2) is 16.1. The first-order chi connectivity index (χ1) is 24.4. The number of rotatable bonds is 16. The lowest BCUT2D eigenvalue weighted by atomic mass is 9.96. The number of carbonyl (C=O) groups excluding carboxylic acids is 2. The van der Waals surface area contributed by atoms with Crippen LogP contribution in [0.1, 0.15) is 97.6 Å². The molecule has 1 heterocycles. The van der Waals surface area contributed by atoms with Crippen LogP contribution in [0.5, 0.6) is 5.75 Å². The monoisotopic (exact) mass is 755 g/mol. The van der Waals surface area contributed by atoms with Gasteiger partial charge in [-0.15, -0.1) is 0 Å².